The zero-order chi connectivity index (χ0) is 11.5. The molecule has 1 aromatic heterocycles. The van der Waals surface area contributed by atoms with Crippen molar-refractivity contribution < 1.29 is 13.2 Å². The van der Waals surface area contributed by atoms with E-state index in [2.05, 4.69) is 15.3 Å². The van der Waals surface area contributed by atoms with Crippen LogP contribution in [0.25, 0.3) is 0 Å². The van der Waals surface area contributed by atoms with Gasteiger partial charge < -0.3 is 5.32 Å². The molecule has 0 aromatic carbocycles. The van der Waals surface area contributed by atoms with E-state index in [0.717, 1.165) is 0 Å². The SMILES string of the molecule is CC(CC(F)(F)F)Nc1nccnc1Cl. The molecule has 0 fully saturated rings. The molecular formula is C8H9ClF3N3. The molecular weight excluding hydrogens is 231 g/mol. The summed E-state index contributed by atoms with van der Waals surface area (Å²) in [6.07, 6.45) is -2.43. The largest absolute Gasteiger partial charge is 0.391 e. The lowest BCUT2D eigenvalue weighted by atomic mass is 10.2. The van der Waals surface area contributed by atoms with Gasteiger partial charge in [0.25, 0.3) is 0 Å². The van der Waals surface area contributed by atoms with Crippen molar-refractivity contribution in [2.24, 2.45) is 0 Å². The fourth-order valence-corrected chi connectivity index (χ4v) is 1.21. The third kappa shape index (κ3) is 4.33. The first-order valence-corrected chi connectivity index (χ1v) is 4.56. The molecule has 1 rings (SSSR count). The van der Waals surface area contributed by atoms with Gasteiger partial charge in [-0.05, 0) is 6.92 Å². The van der Waals surface area contributed by atoms with E-state index in [1.54, 1.807) is 0 Å². The van der Waals surface area contributed by atoms with E-state index >= 15 is 0 Å². The Bertz CT molecular complexity index is 329. The molecule has 0 saturated heterocycles. The number of aromatic nitrogens is 2. The predicted molar refractivity (Wildman–Crippen MR) is 50.8 cm³/mol. The molecule has 0 spiro atoms. The van der Waals surface area contributed by atoms with Gasteiger partial charge >= 0.3 is 6.18 Å². The summed E-state index contributed by atoms with van der Waals surface area (Å²) < 4.78 is 36.0. The number of nitrogens with one attached hydrogen (secondary N) is 1. The minimum atomic E-state index is -4.21. The number of anilines is 1. The standard InChI is InChI=1S/C8H9ClF3N3/c1-5(4-8(10,11)12)15-7-6(9)13-2-3-14-7/h2-3,5H,4H2,1H3,(H,14,15). The molecule has 0 aliphatic carbocycles. The molecule has 15 heavy (non-hydrogen) atoms. The highest BCUT2D eigenvalue weighted by molar-refractivity contribution is 6.31. The van der Waals surface area contributed by atoms with Gasteiger partial charge in [0.2, 0.25) is 0 Å². The lowest BCUT2D eigenvalue weighted by molar-refractivity contribution is -0.136. The quantitative estimate of drug-likeness (QED) is 0.881. The van der Waals surface area contributed by atoms with Crippen molar-refractivity contribution in [3.8, 4) is 0 Å². The van der Waals surface area contributed by atoms with E-state index in [-0.39, 0.29) is 11.0 Å². The zero-order valence-corrected chi connectivity index (χ0v) is 8.60. The zero-order valence-electron chi connectivity index (χ0n) is 7.85. The Morgan fingerprint density at radius 1 is 1.40 bits per heavy atom. The average molecular weight is 240 g/mol. The smallest absolute Gasteiger partial charge is 0.365 e. The van der Waals surface area contributed by atoms with E-state index in [4.69, 9.17) is 11.6 Å². The summed E-state index contributed by atoms with van der Waals surface area (Å²) in [4.78, 5) is 7.46. The van der Waals surface area contributed by atoms with Crippen molar-refractivity contribution in [3.63, 3.8) is 0 Å². The van der Waals surface area contributed by atoms with Crippen LogP contribution in [0.4, 0.5) is 19.0 Å². The molecule has 1 N–H and O–H groups in total. The lowest BCUT2D eigenvalue weighted by Crippen LogP contribution is -2.24. The second kappa shape index (κ2) is 4.65. The van der Waals surface area contributed by atoms with Crippen molar-refractivity contribution in [2.45, 2.75) is 25.6 Å². The van der Waals surface area contributed by atoms with Gasteiger partial charge in [0.15, 0.2) is 11.0 Å². The fraction of sp³-hybridized carbons (Fsp3) is 0.500. The van der Waals surface area contributed by atoms with Crippen molar-refractivity contribution in [1.82, 2.24) is 9.97 Å². The second-order valence-corrected chi connectivity index (χ2v) is 3.42. The molecule has 1 atom stereocenters. The normalized spacial score (nSPS) is 13.7. The Kier molecular flexibility index (Phi) is 3.73. The first kappa shape index (κ1) is 12.0. The molecule has 0 radical (unpaired) electrons. The van der Waals surface area contributed by atoms with E-state index in [9.17, 15) is 13.2 Å². The maximum absolute atomic E-state index is 12.0. The first-order valence-electron chi connectivity index (χ1n) is 4.18. The lowest BCUT2D eigenvalue weighted by Gasteiger charge is -2.16. The number of halogens is 4. The van der Waals surface area contributed by atoms with Crippen LogP contribution in [0.1, 0.15) is 13.3 Å². The third-order valence-electron chi connectivity index (χ3n) is 1.57. The molecule has 1 unspecified atom stereocenters. The highest BCUT2D eigenvalue weighted by Crippen LogP contribution is 2.24. The number of hydrogen-bond acceptors (Lipinski definition) is 3. The highest BCUT2D eigenvalue weighted by atomic mass is 35.5. The second-order valence-electron chi connectivity index (χ2n) is 3.06. The summed E-state index contributed by atoms with van der Waals surface area (Å²) in [5.41, 5.74) is 0. The summed E-state index contributed by atoms with van der Waals surface area (Å²) in [7, 11) is 0. The van der Waals surface area contributed by atoms with Gasteiger partial charge in [0.1, 0.15) is 0 Å². The topological polar surface area (TPSA) is 37.8 Å². The van der Waals surface area contributed by atoms with Gasteiger partial charge in [-0.1, -0.05) is 11.6 Å². The van der Waals surface area contributed by atoms with Crippen LogP contribution in [-0.2, 0) is 0 Å². The Morgan fingerprint density at radius 3 is 2.53 bits per heavy atom. The molecule has 0 aliphatic rings. The number of nitrogens with zero attached hydrogens (tertiary/aromatic N) is 2. The molecule has 1 heterocycles. The van der Waals surface area contributed by atoms with E-state index in [1.807, 2.05) is 0 Å². The van der Waals surface area contributed by atoms with Crippen molar-refractivity contribution in [3.05, 3.63) is 17.5 Å². The van der Waals surface area contributed by atoms with Gasteiger partial charge in [-0.25, -0.2) is 9.97 Å². The Balaban J connectivity index is 2.59. The molecule has 0 bridgehead atoms. The number of rotatable bonds is 3. The van der Waals surface area contributed by atoms with Gasteiger partial charge in [0.05, 0.1) is 6.42 Å². The Labute approximate surface area is 89.7 Å². The van der Waals surface area contributed by atoms with Gasteiger partial charge in [0, 0.05) is 18.4 Å². The third-order valence-corrected chi connectivity index (χ3v) is 1.85. The number of hydrogen-bond donors (Lipinski definition) is 1. The minimum Gasteiger partial charge on any atom is -0.365 e. The van der Waals surface area contributed by atoms with Gasteiger partial charge in [-0.2, -0.15) is 13.2 Å². The van der Waals surface area contributed by atoms with Crippen LogP contribution in [0.15, 0.2) is 12.4 Å². The van der Waals surface area contributed by atoms with E-state index < -0.39 is 18.6 Å². The molecule has 7 heteroatoms. The monoisotopic (exact) mass is 239 g/mol. The van der Waals surface area contributed by atoms with Crippen LogP contribution in [-0.4, -0.2) is 22.2 Å². The van der Waals surface area contributed by atoms with E-state index in [1.165, 1.54) is 19.3 Å². The fourth-order valence-electron chi connectivity index (χ4n) is 1.05. The van der Waals surface area contributed by atoms with Crippen LogP contribution in [0.5, 0.6) is 0 Å². The average Bonchev–Trinajstić information content (AvgIpc) is 2.05. The summed E-state index contributed by atoms with van der Waals surface area (Å²) in [5, 5.41) is 2.60. The van der Waals surface area contributed by atoms with Crippen molar-refractivity contribution in [1.29, 1.82) is 0 Å². The maximum Gasteiger partial charge on any atom is 0.391 e. The Hall–Kier alpha value is -1.04. The molecule has 1 aromatic rings. The summed E-state index contributed by atoms with van der Waals surface area (Å²) in [5.74, 6) is 0.163. The van der Waals surface area contributed by atoms with Crippen molar-refractivity contribution >= 4 is 17.4 Å². The summed E-state index contributed by atoms with van der Waals surface area (Å²) >= 11 is 5.62. The molecule has 0 aliphatic heterocycles. The molecule has 84 valence electrons. The first-order chi connectivity index (χ1) is 6.88. The minimum absolute atomic E-state index is 0.0616. The predicted octanol–water partition coefficient (Wildman–Crippen LogP) is 2.88. The van der Waals surface area contributed by atoms with Crippen LogP contribution < -0.4 is 5.32 Å². The molecule has 3 nitrogen and oxygen atoms in total. The van der Waals surface area contributed by atoms with Crippen LogP contribution in [0, 0.1) is 0 Å². The Morgan fingerprint density at radius 2 is 2.00 bits per heavy atom. The van der Waals surface area contributed by atoms with Gasteiger partial charge in [-0.15, -0.1) is 0 Å². The van der Waals surface area contributed by atoms with Crippen molar-refractivity contribution in [2.75, 3.05) is 5.32 Å². The van der Waals surface area contributed by atoms with Crippen LogP contribution in [0.2, 0.25) is 5.15 Å². The summed E-state index contributed by atoms with van der Waals surface area (Å²) in [6, 6.07) is -0.792. The molecule has 0 saturated carbocycles. The van der Waals surface area contributed by atoms with Crippen LogP contribution >= 0.6 is 11.6 Å². The number of alkyl halides is 3. The summed E-state index contributed by atoms with van der Waals surface area (Å²) in [6.45, 7) is 1.40. The maximum atomic E-state index is 12.0. The van der Waals surface area contributed by atoms with Crippen LogP contribution in [0.3, 0.4) is 0 Å². The van der Waals surface area contributed by atoms with E-state index in [0.29, 0.717) is 0 Å². The molecule has 0 amide bonds. The highest BCUT2D eigenvalue weighted by Gasteiger charge is 2.30. The van der Waals surface area contributed by atoms with Gasteiger partial charge in [-0.3, -0.25) is 0 Å².